The summed E-state index contributed by atoms with van der Waals surface area (Å²) in [6.45, 7) is 4.01. The third-order valence-electron chi connectivity index (χ3n) is 5.45. The van der Waals surface area contributed by atoms with Crippen LogP contribution in [-0.4, -0.2) is 41.5 Å². The topological polar surface area (TPSA) is 84.9 Å². The Kier molecular flexibility index (Phi) is 5.68. The highest BCUT2D eigenvalue weighted by Gasteiger charge is 2.55. The van der Waals surface area contributed by atoms with Crippen LogP contribution in [0.1, 0.15) is 45.1 Å². The predicted molar refractivity (Wildman–Crippen MR) is 98.0 cm³/mol. The van der Waals surface area contributed by atoms with Crippen molar-refractivity contribution >= 4 is 17.9 Å². The Morgan fingerprint density at radius 2 is 2.07 bits per heavy atom. The number of para-hydroxylation sites is 1. The molecule has 1 aliphatic carbocycles. The Morgan fingerprint density at radius 3 is 2.81 bits per heavy atom. The molecule has 146 valence electrons. The van der Waals surface area contributed by atoms with Crippen LogP contribution in [0.3, 0.4) is 0 Å². The number of carbonyl (C=O) groups excluding carboxylic acids is 3. The molecule has 0 bridgehead atoms. The van der Waals surface area contributed by atoms with E-state index in [1.165, 1.54) is 0 Å². The van der Waals surface area contributed by atoms with E-state index in [4.69, 9.17) is 9.47 Å². The highest BCUT2D eigenvalue weighted by molar-refractivity contribution is 6.08. The van der Waals surface area contributed by atoms with Gasteiger partial charge in [0.2, 0.25) is 0 Å². The number of ether oxygens (including phenoxy) is 2. The van der Waals surface area contributed by atoms with Crippen molar-refractivity contribution < 1.29 is 23.9 Å². The zero-order valence-electron chi connectivity index (χ0n) is 15.8. The Labute approximate surface area is 159 Å². The molecule has 0 aromatic heterocycles. The summed E-state index contributed by atoms with van der Waals surface area (Å²) in [7, 11) is 0. The molecular formula is C20H26N2O5. The second-order valence-corrected chi connectivity index (χ2v) is 7.14. The summed E-state index contributed by atoms with van der Waals surface area (Å²) in [5, 5.41) is 2.83. The monoisotopic (exact) mass is 374 g/mol. The third-order valence-corrected chi connectivity index (χ3v) is 5.45. The van der Waals surface area contributed by atoms with E-state index in [0.717, 1.165) is 29.7 Å². The first-order valence-corrected chi connectivity index (χ1v) is 9.48. The van der Waals surface area contributed by atoms with Gasteiger partial charge in [-0.2, -0.15) is 0 Å². The van der Waals surface area contributed by atoms with E-state index >= 15 is 0 Å². The molecule has 2 atom stereocenters. The molecule has 1 aromatic rings. The summed E-state index contributed by atoms with van der Waals surface area (Å²) in [6.07, 6.45) is 3.45. The number of amides is 3. The molecule has 1 saturated carbocycles. The molecule has 1 N–H and O–H groups in total. The summed E-state index contributed by atoms with van der Waals surface area (Å²) < 4.78 is 10.8. The van der Waals surface area contributed by atoms with Crippen molar-refractivity contribution in [1.82, 2.24) is 10.2 Å². The lowest BCUT2D eigenvalue weighted by Crippen LogP contribution is -2.54. The van der Waals surface area contributed by atoms with Crippen LogP contribution < -0.4 is 10.1 Å². The first kappa shape index (κ1) is 19.2. The van der Waals surface area contributed by atoms with Gasteiger partial charge < -0.3 is 14.8 Å². The normalized spacial score (nSPS) is 24.8. The zero-order chi connectivity index (χ0) is 19.4. The molecule has 7 heteroatoms. The average Bonchev–Trinajstić information content (AvgIpc) is 2.89. The third kappa shape index (κ3) is 3.77. The average molecular weight is 374 g/mol. The summed E-state index contributed by atoms with van der Waals surface area (Å²) in [5.74, 6) is -0.226. The molecule has 0 radical (unpaired) electrons. The molecule has 27 heavy (non-hydrogen) atoms. The second kappa shape index (κ2) is 7.98. The van der Waals surface area contributed by atoms with Gasteiger partial charge in [0.15, 0.2) is 0 Å². The lowest BCUT2D eigenvalue weighted by molar-refractivity contribution is -0.149. The van der Waals surface area contributed by atoms with Gasteiger partial charge in [-0.05, 0) is 31.7 Å². The summed E-state index contributed by atoms with van der Waals surface area (Å²) >= 11 is 0. The molecular weight excluding hydrogens is 348 g/mol. The first-order valence-electron chi connectivity index (χ1n) is 9.48. The Bertz CT molecular complexity index is 735. The lowest BCUT2D eigenvalue weighted by atomic mass is 9.73. The highest BCUT2D eigenvalue weighted by Crippen LogP contribution is 2.38. The Balaban J connectivity index is 1.61. The molecule has 7 nitrogen and oxygen atoms in total. The van der Waals surface area contributed by atoms with E-state index in [-0.39, 0.29) is 25.0 Å². The van der Waals surface area contributed by atoms with Gasteiger partial charge in [0.25, 0.3) is 5.91 Å². The molecule has 1 aliphatic heterocycles. The Hall–Kier alpha value is -2.57. The van der Waals surface area contributed by atoms with Crippen LogP contribution in [0.15, 0.2) is 24.3 Å². The van der Waals surface area contributed by atoms with Crippen LogP contribution in [0.4, 0.5) is 4.79 Å². The number of rotatable bonds is 6. The minimum atomic E-state index is -0.864. The van der Waals surface area contributed by atoms with E-state index in [0.29, 0.717) is 18.8 Å². The number of esters is 1. The van der Waals surface area contributed by atoms with E-state index < -0.39 is 17.5 Å². The molecule has 1 spiro atoms. The van der Waals surface area contributed by atoms with Gasteiger partial charge in [0.05, 0.1) is 6.61 Å². The van der Waals surface area contributed by atoms with E-state index in [1.54, 1.807) is 6.07 Å². The molecule has 1 heterocycles. The van der Waals surface area contributed by atoms with Gasteiger partial charge in [-0.3, -0.25) is 14.5 Å². The van der Waals surface area contributed by atoms with Crippen molar-refractivity contribution in [1.29, 1.82) is 0 Å². The van der Waals surface area contributed by atoms with Crippen molar-refractivity contribution in [3.63, 3.8) is 0 Å². The molecule has 0 unspecified atom stereocenters. The first-order chi connectivity index (χ1) is 13.0. The van der Waals surface area contributed by atoms with Crippen LogP contribution in [-0.2, 0) is 20.9 Å². The van der Waals surface area contributed by atoms with Crippen LogP contribution in [0.5, 0.6) is 5.75 Å². The fourth-order valence-electron chi connectivity index (χ4n) is 3.89. The smallest absolute Gasteiger partial charge is 0.326 e. The number of imide groups is 1. The fraction of sp³-hybridized carbons (Fsp3) is 0.550. The number of nitrogens with zero attached hydrogens (tertiary/aromatic N) is 1. The van der Waals surface area contributed by atoms with Crippen molar-refractivity contribution in [2.24, 2.45) is 5.92 Å². The minimum absolute atomic E-state index is 0.0280. The Morgan fingerprint density at radius 1 is 1.30 bits per heavy atom. The second-order valence-electron chi connectivity index (χ2n) is 7.14. The lowest BCUT2D eigenvalue weighted by Gasteiger charge is -2.36. The number of carbonyl (C=O) groups is 3. The standard InChI is InChI=1S/C20H26N2O5/c1-3-26-16-10-5-4-9-15(16)13-27-17(23)12-22-18(24)20(21-19(22)25)11-7-6-8-14(20)2/h4-5,9-10,14H,3,6-8,11-13H2,1-2H3,(H,21,25)/t14-,20+/m0/s1. The fourth-order valence-corrected chi connectivity index (χ4v) is 3.89. The van der Waals surface area contributed by atoms with Crippen LogP contribution >= 0.6 is 0 Å². The highest BCUT2D eigenvalue weighted by atomic mass is 16.5. The summed E-state index contributed by atoms with van der Waals surface area (Å²) in [4.78, 5) is 38.4. The van der Waals surface area contributed by atoms with Gasteiger partial charge in [-0.15, -0.1) is 0 Å². The van der Waals surface area contributed by atoms with E-state index in [2.05, 4.69) is 5.32 Å². The number of hydrogen-bond donors (Lipinski definition) is 1. The van der Waals surface area contributed by atoms with Gasteiger partial charge in [-0.25, -0.2) is 4.79 Å². The zero-order valence-corrected chi connectivity index (χ0v) is 15.8. The maximum Gasteiger partial charge on any atom is 0.326 e. The van der Waals surface area contributed by atoms with Crippen LogP contribution in [0, 0.1) is 5.92 Å². The minimum Gasteiger partial charge on any atom is -0.493 e. The largest absolute Gasteiger partial charge is 0.493 e. The van der Waals surface area contributed by atoms with Gasteiger partial charge >= 0.3 is 12.0 Å². The SMILES string of the molecule is CCOc1ccccc1COC(=O)CN1C(=O)N[C@@]2(CCCC[C@@H]2C)C1=O. The van der Waals surface area contributed by atoms with Crippen molar-refractivity contribution in [2.75, 3.05) is 13.2 Å². The summed E-state index contributed by atoms with van der Waals surface area (Å²) in [6, 6.07) is 6.77. The predicted octanol–water partition coefficient (Wildman–Crippen LogP) is 2.63. The molecule has 2 fully saturated rings. The van der Waals surface area contributed by atoms with E-state index in [1.807, 2.05) is 32.0 Å². The molecule has 2 aliphatic rings. The van der Waals surface area contributed by atoms with Crippen molar-refractivity contribution in [3.8, 4) is 5.75 Å². The van der Waals surface area contributed by atoms with E-state index in [9.17, 15) is 14.4 Å². The van der Waals surface area contributed by atoms with Gasteiger partial charge in [0.1, 0.15) is 24.4 Å². The van der Waals surface area contributed by atoms with Crippen molar-refractivity contribution in [2.45, 2.75) is 51.7 Å². The summed E-state index contributed by atoms with van der Waals surface area (Å²) in [5.41, 5.74) is -0.126. The number of hydrogen-bond acceptors (Lipinski definition) is 5. The molecule has 1 saturated heterocycles. The van der Waals surface area contributed by atoms with Gasteiger partial charge in [-0.1, -0.05) is 38.0 Å². The van der Waals surface area contributed by atoms with Gasteiger partial charge in [0, 0.05) is 5.56 Å². The number of urea groups is 1. The maximum atomic E-state index is 12.9. The quantitative estimate of drug-likeness (QED) is 0.611. The van der Waals surface area contributed by atoms with Crippen molar-refractivity contribution in [3.05, 3.63) is 29.8 Å². The maximum absolute atomic E-state index is 12.9. The number of nitrogens with one attached hydrogen (secondary N) is 1. The van der Waals surface area contributed by atoms with Crippen LogP contribution in [0.25, 0.3) is 0 Å². The molecule has 3 rings (SSSR count). The molecule has 1 aromatic carbocycles. The van der Waals surface area contributed by atoms with Crippen LogP contribution in [0.2, 0.25) is 0 Å². The molecule has 3 amide bonds. The number of benzene rings is 1.